The molecule has 16 nitrogen and oxygen atoms in total. The van der Waals surface area contributed by atoms with Crippen LogP contribution in [0.3, 0.4) is 0 Å². The number of carbonyl (C=O) groups is 5. The molecule has 2 fully saturated rings. The van der Waals surface area contributed by atoms with E-state index in [2.05, 4.69) is 71.5 Å². The molecule has 2 saturated heterocycles. The number of esters is 1. The second-order valence-corrected chi connectivity index (χ2v) is 18.9. The molecule has 4 aromatic rings. The average molecular weight is 893 g/mol. The van der Waals surface area contributed by atoms with Crippen molar-refractivity contribution in [2.45, 2.75) is 110 Å². The van der Waals surface area contributed by atoms with Crippen molar-refractivity contribution in [1.29, 1.82) is 0 Å². The highest BCUT2D eigenvalue weighted by Crippen LogP contribution is 2.41. The summed E-state index contributed by atoms with van der Waals surface area (Å²) in [5, 5.41) is 28.9. The standard InChI is InChI=1S/C49H64N8O8/c1-9-30-15-16-50-24-36(30)44-35-23-49(5,6)27-65-48(64)37-12-11-17-57(53-37)46(62)38(20-29-18-32(21-33(59)19-29)31-13-14-40(34(35)22-31)56(44)10-2)52-45(61)43(28(3)4)55(8)41(60)25-54(7)47(63)42-39(26-58)51-42/h13-16,18-19,21-22,24,28,37-39,42-43,51,53,58-59H,9-12,17,20,23,25-27H2,1-8H3,(H,52,61)/t37-,38-,39-,42+,43-/m0/s1. The third kappa shape index (κ3) is 10.0. The molecule has 3 aliphatic rings. The Morgan fingerprint density at radius 2 is 1.83 bits per heavy atom. The number of pyridine rings is 1. The molecule has 0 unspecified atom stereocenters. The zero-order chi connectivity index (χ0) is 46.9. The van der Waals surface area contributed by atoms with Gasteiger partial charge in [0, 0.05) is 67.9 Å². The molecule has 5 N–H and O–H groups in total. The van der Waals surface area contributed by atoms with Crippen molar-refractivity contribution in [2.24, 2.45) is 11.3 Å². The molecule has 16 heteroatoms. The number of hydrogen-bond acceptors (Lipinski definition) is 11. The molecule has 7 rings (SSSR count). The van der Waals surface area contributed by atoms with Crippen LogP contribution in [0.1, 0.15) is 71.1 Å². The number of aryl methyl sites for hydroxylation is 2. The molecule has 348 valence electrons. The molecule has 0 spiro atoms. The molecule has 5 heterocycles. The van der Waals surface area contributed by atoms with Crippen molar-refractivity contribution in [3.05, 3.63) is 71.5 Å². The zero-order valence-electron chi connectivity index (χ0n) is 38.8. The molecule has 65 heavy (non-hydrogen) atoms. The van der Waals surface area contributed by atoms with Gasteiger partial charge in [-0.25, -0.2) is 5.43 Å². The third-order valence-electron chi connectivity index (χ3n) is 13.0. The summed E-state index contributed by atoms with van der Waals surface area (Å²) in [6.07, 6.45) is 6.04. The number of aliphatic hydroxyl groups excluding tert-OH is 1. The van der Waals surface area contributed by atoms with E-state index in [1.165, 1.54) is 34.5 Å². The lowest BCUT2D eigenvalue weighted by Gasteiger charge is -2.37. The minimum atomic E-state index is -1.19. The SMILES string of the molecule is CCc1ccncc1-c1c2c3cc(ccc3n1CC)-c1cc(O)cc(c1)C[C@H](NC(=O)[C@H](C(C)C)N(C)C(=O)CN(C)C(=O)[C@@H]1N[C@H]1CO)C(=O)N1CCC[C@H](N1)C(=O)OCC(C)(C)C2. The second-order valence-electron chi connectivity index (χ2n) is 18.9. The van der Waals surface area contributed by atoms with E-state index in [1.807, 2.05) is 24.5 Å². The number of nitrogens with one attached hydrogen (secondary N) is 3. The number of rotatable bonds is 11. The molecular formula is C49H64N8O8. The number of benzene rings is 2. The Morgan fingerprint density at radius 1 is 1.06 bits per heavy atom. The number of hydrazine groups is 1. The normalized spacial score (nSPS) is 21.4. The first kappa shape index (κ1) is 47.1. The zero-order valence-corrected chi connectivity index (χ0v) is 38.8. The van der Waals surface area contributed by atoms with Crippen LogP contribution in [0.5, 0.6) is 5.75 Å². The minimum absolute atomic E-state index is 0.0182. The van der Waals surface area contributed by atoms with Gasteiger partial charge < -0.3 is 34.6 Å². The van der Waals surface area contributed by atoms with Crippen molar-refractivity contribution in [3.8, 4) is 28.1 Å². The number of nitrogens with zero attached hydrogens (tertiary/aromatic N) is 5. The van der Waals surface area contributed by atoms with Crippen molar-refractivity contribution in [3.63, 3.8) is 0 Å². The predicted molar refractivity (Wildman–Crippen MR) is 246 cm³/mol. The predicted octanol–water partition coefficient (Wildman–Crippen LogP) is 3.58. The van der Waals surface area contributed by atoms with Crippen LogP contribution in [0.2, 0.25) is 0 Å². The van der Waals surface area contributed by atoms with E-state index < -0.39 is 59.2 Å². The second kappa shape index (κ2) is 19.3. The number of phenols is 1. The van der Waals surface area contributed by atoms with Gasteiger partial charge >= 0.3 is 5.97 Å². The Kier molecular flexibility index (Phi) is 14.0. The molecule has 6 bridgehead atoms. The van der Waals surface area contributed by atoms with Crippen LogP contribution in [0.25, 0.3) is 33.3 Å². The lowest BCUT2D eigenvalue weighted by molar-refractivity contribution is -0.155. The van der Waals surface area contributed by atoms with Crippen LogP contribution >= 0.6 is 0 Å². The molecule has 0 radical (unpaired) electrons. The van der Waals surface area contributed by atoms with Crippen LogP contribution in [-0.2, 0) is 54.5 Å². The summed E-state index contributed by atoms with van der Waals surface area (Å²) in [7, 11) is 2.99. The minimum Gasteiger partial charge on any atom is -0.508 e. The Labute approximate surface area is 380 Å². The Balaban J connectivity index is 1.27. The van der Waals surface area contributed by atoms with E-state index in [4.69, 9.17) is 4.74 Å². The van der Waals surface area contributed by atoms with Crippen molar-refractivity contribution in [2.75, 3.05) is 40.4 Å². The van der Waals surface area contributed by atoms with Gasteiger partial charge in [0.15, 0.2) is 0 Å². The number of cyclic esters (lactones) is 1. The summed E-state index contributed by atoms with van der Waals surface area (Å²) < 4.78 is 8.39. The number of carbonyl (C=O) groups excluding carboxylic acids is 5. The molecule has 4 amide bonds. The summed E-state index contributed by atoms with van der Waals surface area (Å²) in [5.74, 6) is -2.82. The lowest BCUT2D eigenvalue weighted by Crippen LogP contribution is -2.62. The van der Waals surface area contributed by atoms with Gasteiger partial charge in [0.2, 0.25) is 17.7 Å². The van der Waals surface area contributed by atoms with Crippen LogP contribution in [0.15, 0.2) is 54.9 Å². The van der Waals surface area contributed by atoms with E-state index in [9.17, 15) is 34.2 Å². The summed E-state index contributed by atoms with van der Waals surface area (Å²) in [5.41, 5.74) is 10.1. The van der Waals surface area contributed by atoms with Gasteiger partial charge in [-0.1, -0.05) is 46.8 Å². The number of aromatic hydroxyl groups is 1. The first-order chi connectivity index (χ1) is 30.9. The maximum atomic E-state index is 14.7. The van der Waals surface area contributed by atoms with Gasteiger partial charge in [0.05, 0.1) is 31.5 Å². The van der Waals surface area contributed by atoms with Gasteiger partial charge in [0.25, 0.3) is 5.91 Å². The highest BCUT2D eigenvalue weighted by atomic mass is 16.5. The average Bonchev–Trinajstić information content (AvgIpc) is 4.02. The fourth-order valence-corrected chi connectivity index (χ4v) is 9.50. The first-order valence-electron chi connectivity index (χ1n) is 22.8. The van der Waals surface area contributed by atoms with Crippen LogP contribution < -0.4 is 16.1 Å². The summed E-state index contributed by atoms with van der Waals surface area (Å²) >= 11 is 0. The summed E-state index contributed by atoms with van der Waals surface area (Å²) in [4.78, 5) is 76.6. The van der Waals surface area contributed by atoms with Crippen molar-refractivity contribution in [1.82, 2.24) is 40.4 Å². The first-order valence-corrected chi connectivity index (χ1v) is 22.8. The number of amides is 4. The van der Waals surface area contributed by atoms with Crippen LogP contribution in [0.4, 0.5) is 0 Å². The molecule has 3 aliphatic heterocycles. The topological polar surface area (TPSA) is 209 Å². The van der Waals surface area contributed by atoms with Crippen LogP contribution in [0, 0.1) is 11.3 Å². The number of ether oxygens (including phenoxy) is 1. The number of fused-ring (bicyclic) bond motifs is 6. The number of aliphatic hydroxyl groups is 1. The highest BCUT2D eigenvalue weighted by molar-refractivity contribution is 5.96. The van der Waals surface area contributed by atoms with Crippen molar-refractivity contribution < 1.29 is 38.9 Å². The summed E-state index contributed by atoms with van der Waals surface area (Å²) in [6.45, 7) is 12.6. The molecule has 2 aromatic carbocycles. The van der Waals surface area contributed by atoms with E-state index in [-0.39, 0.29) is 50.4 Å². The largest absolute Gasteiger partial charge is 0.508 e. The van der Waals surface area contributed by atoms with Crippen molar-refractivity contribution >= 4 is 40.5 Å². The van der Waals surface area contributed by atoms with Gasteiger partial charge in [-0.3, -0.25) is 39.3 Å². The summed E-state index contributed by atoms with van der Waals surface area (Å²) in [6, 6.07) is 9.51. The Morgan fingerprint density at radius 3 is 2.52 bits per heavy atom. The lowest BCUT2D eigenvalue weighted by atomic mass is 9.84. The van der Waals surface area contributed by atoms with Gasteiger partial charge in [-0.15, -0.1) is 0 Å². The molecule has 0 aliphatic carbocycles. The Bertz CT molecular complexity index is 2470. The highest BCUT2D eigenvalue weighted by Gasteiger charge is 2.44. The quantitative estimate of drug-likeness (QED) is 0.109. The third-order valence-corrected chi connectivity index (χ3v) is 13.0. The van der Waals surface area contributed by atoms with Crippen LogP contribution in [-0.4, -0.2) is 135 Å². The van der Waals surface area contributed by atoms with E-state index in [1.54, 1.807) is 26.0 Å². The van der Waals surface area contributed by atoms with Gasteiger partial charge in [-0.2, -0.15) is 0 Å². The monoisotopic (exact) mass is 892 g/mol. The maximum Gasteiger partial charge on any atom is 0.324 e. The van der Waals surface area contributed by atoms with Gasteiger partial charge in [-0.05, 0) is 96.7 Å². The molecule has 5 atom stereocenters. The fraction of sp³-hybridized carbons (Fsp3) is 0.510. The number of hydrogen-bond donors (Lipinski definition) is 5. The smallest absolute Gasteiger partial charge is 0.324 e. The Hall–Kier alpha value is -5.84. The molecule has 0 saturated carbocycles. The number of phenolic OH excluding ortho intramolecular Hbond substituents is 1. The van der Waals surface area contributed by atoms with Gasteiger partial charge in [0.1, 0.15) is 29.9 Å². The molecular weight excluding hydrogens is 829 g/mol. The molecule has 2 aromatic heterocycles. The van der Waals surface area contributed by atoms with E-state index in [0.717, 1.165) is 39.7 Å². The number of aromatic nitrogens is 2. The maximum absolute atomic E-state index is 14.7. The fourth-order valence-electron chi connectivity index (χ4n) is 9.50. The van der Waals surface area contributed by atoms with E-state index in [0.29, 0.717) is 36.9 Å². The van der Waals surface area contributed by atoms with E-state index >= 15 is 0 Å². The number of likely N-dealkylation sites (N-methyl/N-ethyl adjacent to an activating group) is 2.